The maximum Gasteiger partial charge on any atom is 0.335 e. The molecule has 4 aromatic carbocycles. The van der Waals surface area contributed by atoms with Gasteiger partial charge in [0.05, 0.1) is 36.5 Å². The summed E-state index contributed by atoms with van der Waals surface area (Å²) in [5.41, 5.74) is 15.3. The van der Waals surface area contributed by atoms with Crippen LogP contribution < -0.4 is 48.7 Å². The van der Waals surface area contributed by atoms with Crippen molar-refractivity contribution in [3.63, 3.8) is 0 Å². The molecule has 2 heterocycles. The number of aromatic nitrogens is 1. The molecule has 1 aliphatic heterocycles. The van der Waals surface area contributed by atoms with E-state index in [1.807, 2.05) is 30.3 Å². The van der Waals surface area contributed by atoms with Gasteiger partial charge in [0.1, 0.15) is 36.3 Å². The fourth-order valence-electron chi connectivity index (χ4n) is 8.31. The third-order valence-electron chi connectivity index (χ3n) is 12.9. The Hall–Kier alpha value is -7.32. The van der Waals surface area contributed by atoms with Crippen molar-refractivity contribution in [2.75, 3.05) is 24.7 Å². The first kappa shape index (κ1) is 63.5. The van der Waals surface area contributed by atoms with Crippen LogP contribution in [-0.4, -0.2) is 158 Å². The standard InChI is InChI=1S/C49H66N10O10S2.C7H6O2/c1-28(61)39(25-60)56-48(68)41-27-71-70-26-40(57-43(63)34(51)21-30-13-5-3-6-14-30)47(67)54-37(22-31-15-7-4-8-16-31)45(65)55-38(23-32-24-52-35-18-10-9-17-33(32)35)46(66)53-36(19-11-12-20-50)44(64)59-42(29(2)62)49(69)58-41;8-7(9)6-4-2-1-3-5-6/h3-10,13-18,24,28-29,34,36-42,52,60-62H,11-12,19-23,25-27,50-51H2,1-2H3,(H,53,66)(H,54,67)(H,55,65)(H,56,68)(H,57,63)(H,58,69)(H,59,64);1-5H,(H,8,9)/t28-,29?,34-,36+,37+,38-,39-,40+,41+,42+;/m1./s1. The molecule has 0 aliphatic carbocycles. The molecular formula is C56H72N10O12S2. The maximum absolute atomic E-state index is 14.7. The molecule has 22 nitrogen and oxygen atoms in total. The van der Waals surface area contributed by atoms with Crippen LogP contribution in [0, 0.1) is 0 Å². The second-order valence-corrected chi connectivity index (χ2v) is 21.7. The third kappa shape index (κ3) is 20.1. The van der Waals surface area contributed by atoms with Gasteiger partial charge in [-0.1, -0.05) is 119 Å². The quantitative estimate of drug-likeness (QED) is 0.0422. The van der Waals surface area contributed by atoms with E-state index in [0.29, 0.717) is 29.5 Å². The van der Waals surface area contributed by atoms with Crippen molar-refractivity contribution >= 4 is 79.8 Å². The normalized spacial score (nSPS) is 21.3. The van der Waals surface area contributed by atoms with Gasteiger partial charge >= 0.3 is 5.97 Å². The zero-order valence-electron chi connectivity index (χ0n) is 44.4. The van der Waals surface area contributed by atoms with Gasteiger partial charge in [0.2, 0.25) is 41.4 Å². The summed E-state index contributed by atoms with van der Waals surface area (Å²) in [6, 6.07) is 22.9. The first-order valence-electron chi connectivity index (χ1n) is 26.1. The lowest BCUT2D eigenvalue weighted by atomic mass is 10.0. The van der Waals surface area contributed by atoms with Gasteiger partial charge in [0.15, 0.2) is 0 Å². The highest BCUT2D eigenvalue weighted by Gasteiger charge is 2.36. The van der Waals surface area contributed by atoms with E-state index < -0.39 is 114 Å². The van der Waals surface area contributed by atoms with Crippen molar-refractivity contribution in [2.24, 2.45) is 11.5 Å². The van der Waals surface area contributed by atoms with E-state index in [1.54, 1.807) is 91.1 Å². The molecule has 0 spiro atoms. The molecule has 5 aromatic rings. The largest absolute Gasteiger partial charge is 0.478 e. The molecule has 24 heteroatoms. The molecular weight excluding hydrogens is 1070 g/mol. The molecule has 80 heavy (non-hydrogen) atoms. The van der Waals surface area contributed by atoms with Gasteiger partial charge in [-0.05, 0) is 81.0 Å². The van der Waals surface area contributed by atoms with Gasteiger partial charge < -0.3 is 74.1 Å². The van der Waals surface area contributed by atoms with Crippen LogP contribution in [0.5, 0.6) is 0 Å². The van der Waals surface area contributed by atoms with Crippen LogP contribution >= 0.6 is 21.6 Å². The average molecular weight is 1140 g/mol. The van der Waals surface area contributed by atoms with E-state index in [1.165, 1.54) is 13.8 Å². The molecule has 0 bridgehead atoms. The summed E-state index contributed by atoms with van der Waals surface area (Å²) in [5, 5.41) is 58.9. The summed E-state index contributed by atoms with van der Waals surface area (Å²) in [5.74, 6) is -6.89. The number of benzene rings is 4. The number of unbranched alkanes of at least 4 members (excludes halogenated alkanes) is 1. The van der Waals surface area contributed by atoms with E-state index in [2.05, 4.69) is 42.2 Å². The van der Waals surface area contributed by atoms with E-state index in [9.17, 15) is 53.7 Å². The molecule has 1 aromatic heterocycles. The lowest BCUT2D eigenvalue weighted by Gasteiger charge is -2.29. The Balaban J connectivity index is 0.00000118. The zero-order valence-corrected chi connectivity index (χ0v) is 46.1. The van der Waals surface area contributed by atoms with E-state index in [4.69, 9.17) is 16.6 Å². The fraction of sp³-hybridized carbons (Fsp3) is 0.393. The molecule has 0 saturated carbocycles. The molecule has 0 radical (unpaired) electrons. The number of aliphatic hydroxyl groups is 3. The van der Waals surface area contributed by atoms with Crippen molar-refractivity contribution < 1.29 is 58.8 Å². The Morgan fingerprint density at radius 2 is 1.24 bits per heavy atom. The van der Waals surface area contributed by atoms with E-state index in [-0.39, 0.29) is 43.7 Å². The molecule has 16 N–H and O–H groups in total. The molecule has 1 unspecified atom stereocenters. The van der Waals surface area contributed by atoms with Crippen molar-refractivity contribution in [1.82, 2.24) is 42.2 Å². The molecule has 10 atom stereocenters. The minimum Gasteiger partial charge on any atom is -0.478 e. The van der Waals surface area contributed by atoms with Gasteiger partial charge in [0, 0.05) is 41.4 Å². The van der Waals surface area contributed by atoms with Gasteiger partial charge in [-0.15, -0.1) is 0 Å². The Kier molecular flexibility index (Phi) is 25.9. The topological polar surface area (TPSA) is 370 Å². The molecule has 7 amide bonds. The number of aromatic amines is 1. The molecule has 430 valence electrons. The highest BCUT2D eigenvalue weighted by Crippen LogP contribution is 2.24. The number of fused-ring (bicyclic) bond motifs is 1. The van der Waals surface area contributed by atoms with Crippen molar-refractivity contribution in [1.29, 1.82) is 0 Å². The molecule has 1 fully saturated rings. The lowest BCUT2D eigenvalue weighted by Crippen LogP contribution is -2.62. The highest BCUT2D eigenvalue weighted by molar-refractivity contribution is 8.76. The number of amides is 7. The summed E-state index contributed by atoms with van der Waals surface area (Å²) in [6.45, 7) is 2.23. The van der Waals surface area contributed by atoms with Gasteiger partial charge in [-0.25, -0.2) is 4.79 Å². The van der Waals surface area contributed by atoms with Crippen molar-refractivity contribution in [3.8, 4) is 0 Å². The van der Waals surface area contributed by atoms with Crippen molar-refractivity contribution in [3.05, 3.63) is 144 Å². The number of nitrogens with two attached hydrogens (primary N) is 2. The smallest absolute Gasteiger partial charge is 0.335 e. The van der Waals surface area contributed by atoms with Gasteiger partial charge in [0.25, 0.3) is 0 Å². The highest BCUT2D eigenvalue weighted by atomic mass is 33.1. The van der Waals surface area contributed by atoms with Crippen LogP contribution in [0.3, 0.4) is 0 Å². The van der Waals surface area contributed by atoms with Crippen LogP contribution in [0.4, 0.5) is 0 Å². The summed E-state index contributed by atoms with van der Waals surface area (Å²) < 4.78 is 0. The summed E-state index contributed by atoms with van der Waals surface area (Å²) in [4.78, 5) is 113. The second-order valence-electron chi connectivity index (χ2n) is 19.1. The van der Waals surface area contributed by atoms with Crippen LogP contribution in [0.1, 0.15) is 60.2 Å². The zero-order chi connectivity index (χ0) is 58.1. The number of carboxylic acid groups (broad SMARTS) is 1. The number of hydrogen-bond acceptors (Lipinski definition) is 15. The third-order valence-corrected chi connectivity index (χ3v) is 15.3. The first-order chi connectivity index (χ1) is 38.4. The van der Waals surface area contributed by atoms with E-state index >= 15 is 0 Å². The van der Waals surface area contributed by atoms with Crippen LogP contribution in [0.15, 0.2) is 121 Å². The van der Waals surface area contributed by atoms with Gasteiger partial charge in [-0.3, -0.25) is 33.6 Å². The fourth-order valence-corrected chi connectivity index (χ4v) is 10.6. The molecule has 1 aliphatic rings. The van der Waals surface area contributed by atoms with Crippen molar-refractivity contribution in [2.45, 2.75) is 113 Å². The maximum atomic E-state index is 14.7. The average Bonchev–Trinajstić information content (AvgIpc) is 3.86. The SMILES string of the molecule is CC(O)[C@@H]1NC(=O)[C@H](CCCCN)NC(=O)[C@@H](Cc2c[nH]c3ccccc23)NC(=O)[C@H](Cc2ccccc2)NC(=O)[C@@H](NC(=O)[C@H](N)Cc2ccccc2)CSSC[C@@H](C(=O)N[C@H](CO)[C@@H](C)O)NC1=O.O=C(O)c1ccccc1. The number of carbonyl (C=O) groups excluding carboxylic acids is 7. The minimum absolute atomic E-state index is 0.0340. The van der Waals surface area contributed by atoms with Gasteiger partial charge in [-0.2, -0.15) is 0 Å². The molecule has 6 rings (SSSR count). The number of carbonyl (C=O) groups is 8. The first-order valence-corrected chi connectivity index (χ1v) is 28.6. The Morgan fingerprint density at radius 3 is 1.84 bits per heavy atom. The predicted molar refractivity (Wildman–Crippen MR) is 305 cm³/mol. The Labute approximate surface area is 471 Å². The minimum atomic E-state index is -1.66. The summed E-state index contributed by atoms with van der Waals surface area (Å²) >= 11 is 0. The van der Waals surface area contributed by atoms with Crippen LogP contribution in [0.25, 0.3) is 10.9 Å². The number of H-pyrrole nitrogens is 1. The second kappa shape index (κ2) is 32.7. The number of aromatic carboxylic acids is 1. The van der Waals surface area contributed by atoms with Crippen LogP contribution in [0.2, 0.25) is 0 Å². The van der Waals surface area contributed by atoms with E-state index in [0.717, 1.165) is 38.1 Å². The lowest BCUT2D eigenvalue weighted by molar-refractivity contribution is -0.136. The summed E-state index contributed by atoms with van der Waals surface area (Å²) in [7, 11) is 2.06. The number of carboxylic acids is 1. The number of aliphatic hydroxyl groups excluding tert-OH is 3. The number of nitrogens with one attached hydrogen (secondary N) is 8. The number of hydrogen-bond donors (Lipinski definition) is 14. The Bertz CT molecular complexity index is 2810. The number of para-hydroxylation sites is 1. The summed E-state index contributed by atoms with van der Waals surface area (Å²) in [6.07, 6.45) is -0.156. The predicted octanol–water partition coefficient (Wildman–Crippen LogP) is 0.579. The monoisotopic (exact) mass is 1140 g/mol. The Morgan fingerprint density at radius 1 is 0.675 bits per heavy atom. The van der Waals surface area contributed by atoms with Crippen LogP contribution in [-0.2, 0) is 52.8 Å². The molecule has 1 saturated heterocycles. The number of rotatable bonds is 18.